The summed E-state index contributed by atoms with van der Waals surface area (Å²) in [6.45, 7) is 1.61. The lowest BCUT2D eigenvalue weighted by molar-refractivity contribution is 0.144. The standard InChI is InChI=1S/C12H13Cl2N3OS/c13-8-6-9(14)11-12(17-19-16-11)10(8)15-7-2-1-4-18-5-3-7/h6-7,15H,1-5H2. The summed E-state index contributed by atoms with van der Waals surface area (Å²) in [6.07, 6.45) is 3.09. The van der Waals surface area contributed by atoms with Crippen molar-refractivity contribution in [2.75, 3.05) is 18.5 Å². The number of fused-ring (bicyclic) bond motifs is 1. The molecule has 1 N–H and O–H groups in total. The van der Waals surface area contributed by atoms with Gasteiger partial charge in [-0.15, -0.1) is 0 Å². The van der Waals surface area contributed by atoms with Gasteiger partial charge in [0.05, 0.1) is 27.5 Å². The van der Waals surface area contributed by atoms with E-state index in [1.165, 1.54) is 0 Å². The SMILES string of the molecule is Clc1cc(Cl)c2nsnc2c1NC1CCCOCC1. The molecule has 2 heterocycles. The Balaban J connectivity index is 1.93. The van der Waals surface area contributed by atoms with Gasteiger partial charge >= 0.3 is 0 Å². The van der Waals surface area contributed by atoms with E-state index in [9.17, 15) is 0 Å². The third-order valence-corrected chi connectivity index (χ3v) is 4.36. The molecule has 0 saturated carbocycles. The molecule has 1 aliphatic heterocycles. The Morgan fingerprint density at radius 1 is 1.16 bits per heavy atom. The fourth-order valence-corrected chi connectivity index (χ4v) is 3.43. The first kappa shape index (κ1) is 13.4. The van der Waals surface area contributed by atoms with Crippen molar-refractivity contribution in [3.05, 3.63) is 16.1 Å². The quantitative estimate of drug-likeness (QED) is 0.910. The molecular formula is C12H13Cl2N3OS. The van der Waals surface area contributed by atoms with Crippen molar-refractivity contribution in [3.63, 3.8) is 0 Å². The first-order valence-electron chi connectivity index (χ1n) is 6.20. The van der Waals surface area contributed by atoms with E-state index in [4.69, 9.17) is 27.9 Å². The molecule has 1 fully saturated rings. The molecule has 1 aromatic heterocycles. The van der Waals surface area contributed by atoms with Crippen molar-refractivity contribution >= 4 is 51.7 Å². The molecule has 7 heteroatoms. The Morgan fingerprint density at radius 3 is 2.89 bits per heavy atom. The van der Waals surface area contributed by atoms with Gasteiger partial charge in [0.15, 0.2) is 0 Å². The minimum atomic E-state index is 0.353. The molecule has 4 nitrogen and oxygen atoms in total. The fourth-order valence-electron chi connectivity index (χ4n) is 2.26. The average Bonchev–Trinajstić information content (AvgIpc) is 2.73. The van der Waals surface area contributed by atoms with E-state index in [1.54, 1.807) is 6.07 Å². The molecule has 19 heavy (non-hydrogen) atoms. The summed E-state index contributed by atoms with van der Waals surface area (Å²) in [5, 5.41) is 4.62. The second-order valence-electron chi connectivity index (χ2n) is 4.56. The molecule has 102 valence electrons. The Labute approximate surface area is 125 Å². The lowest BCUT2D eigenvalue weighted by Crippen LogP contribution is -2.20. The number of hydrogen-bond donors (Lipinski definition) is 1. The first-order chi connectivity index (χ1) is 9.25. The molecule has 0 aliphatic carbocycles. The molecule has 0 radical (unpaired) electrons. The van der Waals surface area contributed by atoms with Crippen LogP contribution in [-0.2, 0) is 4.74 Å². The Morgan fingerprint density at radius 2 is 2.00 bits per heavy atom. The van der Waals surface area contributed by atoms with Crippen molar-refractivity contribution in [2.45, 2.75) is 25.3 Å². The molecule has 0 amide bonds. The van der Waals surface area contributed by atoms with E-state index in [0.29, 0.717) is 21.6 Å². The van der Waals surface area contributed by atoms with Crippen LogP contribution in [0, 0.1) is 0 Å². The maximum atomic E-state index is 6.28. The van der Waals surface area contributed by atoms with Crippen LogP contribution in [0.25, 0.3) is 11.0 Å². The number of nitrogens with one attached hydrogen (secondary N) is 1. The topological polar surface area (TPSA) is 47.0 Å². The van der Waals surface area contributed by atoms with Crippen molar-refractivity contribution < 1.29 is 4.74 Å². The summed E-state index contributed by atoms with van der Waals surface area (Å²) in [7, 11) is 0. The highest BCUT2D eigenvalue weighted by Gasteiger charge is 2.18. The molecule has 1 saturated heterocycles. The lowest BCUT2D eigenvalue weighted by Gasteiger charge is -2.18. The Hall–Kier alpha value is -0.620. The van der Waals surface area contributed by atoms with E-state index in [1.807, 2.05) is 0 Å². The highest BCUT2D eigenvalue weighted by molar-refractivity contribution is 7.00. The highest BCUT2D eigenvalue weighted by Crippen LogP contribution is 2.36. The molecule has 0 spiro atoms. The molecule has 0 bridgehead atoms. The zero-order chi connectivity index (χ0) is 13.2. The van der Waals surface area contributed by atoms with Crippen LogP contribution in [-0.4, -0.2) is 28.0 Å². The molecule has 3 rings (SSSR count). The minimum absolute atomic E-state index is 0.353. The van der Waals surface area contributed by atoms with Gasteiger partial charge in [0.1, 0.15) is 11.0 Å². The van der Waals surface area contributed by atoms with Crippen LogP contribution in [0.1, 0.15) is 19.3 Å². The van der Waals surface area contributed by atoms with Crippen LogP contribution in [0.4, 0.5) is 5.69 Å². The zero-order valence-electron chi connectivity index (χ0n) is 10.2. The minimum Gasteiger partial charge on any atom is -0.381 e. The van der Waals surface area contributed by atoms with Gasteiger partial charge in [-0.25, -0.2) is 0 Å². The maximum Gasteiger partial charge on any atom is 0.130 e. The van der Waals surface area contributed by atoms with Gasteiger partial charge in [-0.1, -0.05) is 23.2 Å². The Bertz CT molecular complexity index is 582. The van der Waals surface area contributed by atoms with Crippen LogP contribution < -0.4 is 5.32 Å². The first-order valence-corrected chi connectivity index (χ1v) is 7.69. The van der Waals surface area contributed by atoms with Crippen molar-refractivity contribution in [1.29, 1.82) is 0 Å². The third kappa shape index (κ3) is 2.79. The highest BCUT2D eigenvalue weighted by atomic mass is 35.5. The monoisotopic (exact) mass is 317 g/mol. The van der Waals surface area contributed by atoms with E-state index in [-0.39, 0.29) is 0 Å². The number of halogens is 2. The smallest absolute Gasteiger partial charge is 0.130 e. The largest absolute Gasteiger partial charge is 0.381 e. The lowest BCUT2D eigenvalue weighted by atomic mass is 10.1. The van der Waals surface area contributed by atoms with Gasteiger partial charge in [0.25, 0.3) is 0 Å². The average molecular weight is 318 g/mol. The van der Waals surface area contributed by atoms with Crippen LogP contribution in [0.5, 0.6) is 0 Å². The van der Waals surface area contributed by atoms with E-state index in [2.05, 4.69) is 14.1 Å². The third-order valence-electron chi connectivity index (χ3n) is 3.24. The number of aromatic nitrogens is 2. The number of benzene rings is 1. The second-order valence-corrected chi connectivity index (χ2v) is 5.90. The summed E-state index contributed by atoms with van der Waals surface area (Å²) >= 11 is 13.5. The predicted octanol–water partition coefficient (Wildman–Crippen LogP) is 3.98. The molecule has 1 aliphatic rings. The van der Waals surface area contributed by atoms with Gasteiger partial charge in [0.2, 0.25) is 0 Å². The Kier molecular flexibility index (Phi) is 4.07. The summed E-state index contributed by atoms with van der Waals surface area (Å²) in [5.74, 6) is 0. The van der Waals surface area contributed by atoms with Crippen LogP contribution >= 0.6 is 34.9 Å². The molecular weight excluding hydrogens is 305 g/mol. The van der Waals surface area contributed by atoms with Crippen molar-refractivity contribution in [3.8, 4) is 0 Å². The maximum absolute atomic E-state index is 6.28. The van der Waals surface area contributed by atoms with Crippen LogP contribution in [0.15, 0.2) is 6.07 Å². The number of rotatable bonds is 2. The number of hydrogen-bond acceptors (Lipinski definition) is 5. The number of ether oxygens (including phenoxy) is 1. The van der Waals surface area contributed by atoms with Crippen molar-refractivity contribution in [2.24, 2.45) is 0 Å². The number of anilines is 1. The van der Waals surface area contributed by atoms with Gasteiger partial charge in [-0.05, 0) is 25.3 Å². The van der Waals surface area contributed by atoms with E-state index >= 15 is 0 Å². The zero-order valence-corrected chi connectivity index (χ0v) is 12.5. The predicted molar refractivity (Wildman–Crippen MR) is 79.5 cm³/mol. The van der Waals surface area contributed by atoms with Crippen molar-refractivity contribution in [1.82, 2.24) is 8.75 Å². The molecule has 1 unspecified atom stereocenters. The van der Waals surface area contributed by atoms with Crippen LogP contribution in [0.2, 0.25) is 10.0 Å². The van der Waals surface area contributed by atoms with E-state index in [0.717, 1.165) is 55.4 Å². The van der Waals surface area contributed by atoms with Gasteiger partial charge in [0, 0.05) is 19.3 Å². The van der Waals surface area contributed by atoms with E-state index < -0.39 is 0 Å². The summed E-state index contributed by atoms with van der Waals surface area (Å²) in [6, 6.07) is 2.08. The normalized spacial score (nSPS) is 20.4. The summed E-state index contributed by atoms with van der Waals surface area (Å²) < 4.78 is 14.0. The molecule has 2 aromatic rings. The number of nitrogens with zero attached hydrogens (tertiary/aromatic N) is 2. The van der Waals surface area contributed by atoms with Crippen LogP contribution in [0.3, 0.4) is 0 Å². The summed E-state index contributed by atoms with van der Waals surface area (Å²) in [4.78, 5) is 0. The molecule has 1 aromatic carbocycles. The van der Waals surface area contributed by atoms with Gasteiger partial charge < -0.3 is 10.1 Å². The molecule has 1 atom stereocenters. The van der Waals surface area contributed by atoms with Gasteiger partial charge in [-0.2, -0.15) is 8.75 Å². The summed E-state index contributed by atoms with van der Waals surface area (Å²) in [5.41, 5.74) is 2.30. The second kappa shape index (κ2) is 5.79. The van der Waals surface area contributed by atoms with Gasteiger partial charge in [-0.3, -0.25) is 0 Å². The fraction of sp³-hybridized carbons (Fsp3) is 0.500.